The molecule has 26 heavy (non-hydrogen) atoms. The number of carbonyl (C=O) groups is 3. The molecule has 0 radical (unpaired) electrons. The molecule has 2 aromatic rings. The Kier molecular flexibility index (Phi) is 6.91. The van der Waals surface area contributed by atoms with Crippen molar-refractivity contribution >= 4 is 34.8 Å². The Labute approximate surface area is 156 Å². The molecular weight excluding hydrogens is 352 g/mol. The highest BCUT2D eigenvalue weighted by Gasteiger charge is 2.12. The van der Waals surface area contributed by atoms with Crippen LogP contribution in [0.2, 0.25) is 0 Å². The molecule has 6 nitrogen and oxygen atoms in total. The Morgan fingerprint density at radius 1 is 1.08 bits per heavy atom. The van der Waals surface area contributed by atoms with Gasteiger partial charge in [-0.3, -0.25) is 14.4 Å². The third kappa shape index (κ3) is 6.00. The maximum Gasteiger partial charge on any atom is 0.325 e. The molecule has 2 rings (SSSR count). The lowest BCUT2D eigenvalue weighted by molar-refractivity contribution is -0.146. The second kappa shape index (κ2) is 9.15. The number of hydrogen-bond donors (Lipinski definition) is 2. The first-order chi connectivity index (χ1) is 12.3. The van der Waals surface area contributed by atoms with E-state index >= 15 is 0 Å². The van der Waals surface area contributed by atoms with Crippen LogP contribution in [-0.4, -0.2) is 30.9 Å². The first-order valence-corrected chi connectivity index (χ1v) is 9.07. The summed E-state index contributed by atoms with van der Waals surface area (Å²) in [7, 11) is 0. The minimum Gasteiger partial charge on any atom is -0.454 e. The number of nitrogens with one attached hydrogen (secondary N) is 2. The van der Waals surface area contributed by atoms with Crippen LogP contribution in [0.5, 0.6) is 0 Å². The molecule has 0 aliphatic heterocycles. The first kappa shape index (κ1) is 19.7. The topological polar surface area (TPSA) is 84.5 Å². The number of anilines is 1. The lowest BCUT2D eigenvalue weighted by atomic mass is 10.0. The summed E-state index contributed by atoms with van der Waals surface area (Å²) in [6.45, 7) is 5.38. The average Bonchev–Trinajstić information content (AvgIpc) is 3.05. The SMILES string of the molecule is Cc1ccc(C(=O)NCC(=O)OCC(=O)Nc2ccc(C(C)C)cc2)s1. The molecule has 0 unspecified atom stereocenters. The van der Waals surface area contributed by atoms with E-state index in [1.165, 1.54) is 16.9 Å². The van der Waals surface area contributed by atoms with Crippen LogP contribution in [0.4, 0.5) is 5.69 Å². The summed E-state index contributed by atoms with van der Waals surface area (Å²) in [5, 5.41) is 5.12. The number of esters is 1. The van der Waals surface area contributed by atoms with Crippen LogP contribution < -0.4 is 10.6 Å². The van der Waals surface area contributed by atoms with Crippen molar-refractivity contribution < 1.29 is 19.1 Å². The summed E-state index contributed by atoms with van der Waals surface area (Å²) in [4.78, 5) is 36.8. The van der Waals surface area contributed by atoms with Crippen molar-refractivity contribution in [3.05, 3.63) is 51.7 Å². The fraction of sp³-hybridized carbons (Fsp3) is 0.316. The Hall–Kier alpha value is -2.67. The second-order valence-electron chi connectivity index (χ2n) is 6.08. The summed E-state index contributed by atoms with van der Waals surface area (Å²) in [5.41, 5.74) is 1.81. The fourth-order valence-corrected chi connectivity index (χ4v) is 2.93. The largest absolute Gasteiger partial charge is 0.454 e. The van der Waals surface area contributed by atoms with Gasteiger partial charge in [-0.05, 0) is 42.7 Å². The molecule has 0 atom stereocenters. The number of ether oxygens (including phenoxy) is 1. The number of thiophene rings is 1. The van der Waals surface area contributed by atoms with Crippen molar-refractivity contribution in [1.29, 1.82) is 0 Å². The Balaban J connectivity index is 1.71. The molecule has 0 fully saturated rings. The highest BCUT2D eigenvalue weighted by molar-refractivity contribution is 7.13. The van der Waals surface area contributed by atoms with Gasteiger partial charge in [0.15, 0.2) is 6.61 Å². The van der Waals surface area contributed by atoms with Crippen molar-refractivity contribution in [3.8, 4) is 0 Å². The molecule has 1 aromatic heterocycles. The molecule has 0 aliphatic rings. The van der Waals surface area contributed by atoms with E-state index in [9.17, 15) is 14.4 Å². The van der Waals surface area contributed by atoms with Gasteiger partial charge in [0.2, 0.25) is 0 Å². The van der Waals surface area contributed by atoms with Crippen LogP contribution in [0.1, 0.15) is 39.9 Å². The van der Waals surface area contributed by atoms with Crippen molar-refractivity contribution in [2.24, 2.45) is 0 Å². The van der Waals surface area contributed by atoms with Gasteiger partial charge in [-0.2, -0.15) is 0 Å². The predicted octanol–water partition coefficient (Wildman–Crippen LogP) is 3.09. The van der Waals surface area contributed by atoms with E-state index in [0.29, 0.717) is 16.5 Å². The number of rotatable bonds is 7. The van der Waals surface area contributed by atoms with E-state index in [1.54, 1.807) is 18.2 Å². The number of hydrogen-bond acceptors (Lipinski definition) is 5. The lowest BCUT2D eigenvalue weighted by Gasteiger charge is -2.09. The summed E-state index contributed by atoms with van der Waals surface area (Å²) in [6, 6.07) is 11.0. The van der Waals surface area contributed by atoms with Crippen LogP contribution in [0.25, 0.3) is 0 Å². The van der Waals surface area contributed by atoms with Gasteiger partial charge in [-0.1, -0.05) is 26.0 Å². The van der Waals surface area contributed by atoms with Crippen LogP contribution in [0.15, 0.2) is 36.4 Å². The zero-order valence-corrected chi connectivity index (χ0v) is 15.8. The molecule has 0 aliphatic carbocycles. The molecule has 0 spiro atoms. The third-order valence-corrected chi connectivity index (χ3v) is 4.58. The summed E-state index contributed by atoms with van der Waals surface area (Å²) in [5.74, 6) is -1.03. The van der Waals surface area contributed by atoms with Gasteiger partial charge in [-0.25, -0.2) is 0 Å². The predicted molar refractivity (Wildman–Crippen MR) is 102 cm³/mol. The molecule has 0 bridgehead atoms. The van der Waals surface area contributed by atoms with Gasteiger partial charge >= 0.3 is 5.97 Å². The quantitative estimate of drug-likeness (QED) is 0.730. The monoisotopic (exact) mass is 374 g/mol. The summed E-state index contributed by atoms with van der Waals surface area (Å²) in [6.07, 6.45) is 0. The zero-order chi connectivity index (χ0) is 19.1. The van der Waals surface area contributed by atoms with Crippen molar-refractivity contribution in [3.63, 3.8) is 0 Å². The van der Waals surface area contributed by atoms with E-state index in [4.69, 9.17) is 4.74 Å². The van der Waals surface area contributed by atoms with E-state index in [-0.39, 0.29) is 12.5 Å². The van der Waals surface area contributed by atoms with Crippen LogP contribution >= 0.6 is 11.3 Å². The van der Waals surface area contributed by atoms with Crippen molar-refractivity contribution in [1.82, 2.24) is 5.32 Å². The fourth-order valence-electron chi connectivity index (χ4n) is 2.14. The van der Waals surface area contributed by atoms with Gasteiger partial charge in [-0.15, -0.1) is 11.3 Å². The second-order valence-corrected chi connectivity index (χ2v) is 7.37. The first-order valence-electron chi connectivity index (χ1n) is 8.25. The number of amides is 2. The van der Waals surface area contributed by atoms with Crippen LogP contribution in [0.3, 0.4) is 0 Å². The Morgan fingerprint density at radius 2 is 1.77 bits per heavy atom. The number of aryl methyl sites for hydroxylation is 1. The average molecular weight is 374 g/mol. The third-order valence-electron chi connectivity index (χ3n) is 3.58. The maximum absolute atomic E-state index is 11.8. The Bertz CT molecular complexity index is 781. The number of carbonyl (C=O) groups excluding carboxylic acids is 3. The van der Waals surface area contributed by atoms with Gasteiger partial charge in [0.1, 0.15) is 6.54 Å². The van der Waals surface area contributed by atoms with Crippen molar-refractivity contribution in [2.75, 3.05) is 18.5 Å². The molecule has 0 saturated heterocycles. The summed E-state index contributed by atoms with van der Waals surface area (Å²) < 4.78 is 4.87. The Morgan fingerprint density at radius 3 is 2.35 bits per heavy atom. The molecular formula is C19H22N2O4S. The molecule has 138 valence electrons. The molecule has 2 N–H and O–H groups in total. The zero-order valence-electron chi connectivity index (χ0n) is 15.0. The minimum atomic E-state index is -0.670. The molecule has 1 heterocycles. The molecule has 7 heteroatoms. The van der Waals surface area contributed by atoms with Gasteiger partial charge in [0.05, 0.1) is 4.88 Å². The highest BCUT2D eigenvalue weighted by atomic mass is 32.1. The normalized spacial score (nSPS) is 10.5. The molecule has 2 amide bonds. The minimum absolute atomic E-state index is 0.286. The van der Waals surface area contributed by atoms with Gasteiger partial charge in [0.25, 0.3) is 11.8 Å². The van der Waals surface area contributed by atoms with E-state index < -0.39 is 18.5 Å². The summed E-state index contributed by atoms with van der Waals surface area (Å²) >= 11 is 1.34. The lowest BCUT2D eigenvalue weighted by Crippen LogP contribution is -2.31. The van der Waals surface area contributed by atoms with Gasteiger partial charge in [0, 0.05) is 10.6 Å². The highest BCUT2D eigenvalue weighted by Crippen LogP contribution is 2.17. The molecule has 0 saturated carbocycles. The maximum atomic E-state index is 11.8. The standard InChI is InChI=1S/C19H22N2O4S/c1-12(2)14-5-7-15(8-6-14)21-17(22)11-25-18(23)10-20-19(24)16-9-4-13(3)26-16/h4-9,12H,10-11H2,1-3H3,(H,20,24)(H,21,22). The van der Waals surface area contributed by atoms with E-state index in [2.05, 4.69) is 24.5 Å². The molecule has 1 aromatic carbocycles. The van der Waals surface area contributed by atoms with Gasteiger partial charge < -0.3 is 15.4 Å². The van der Waals surface area contributed by atoms with E-state index in [1.807, 2.05) is 25.1 Å². The van der Waals surface area contributed by atoms with Crippen LogP contribution in [0, 0.1) is 6.92 Å². The number of benzene rings is 1. The van der Waals surface area contributed by atoms with Crippen molar-refractivity contribution in [2.45, 2.75) is 26.7 Å². The van der Waals surface area contributed by atoms with Crippen LogP contribution in [-0.2, 0) is 14.3 Å². The smallest absolute Gasteiger partial charge is 0.325 e. The van der Waals surface area contributed by atoms with E-state index in [0.717, 1.165) is 4.88 Å².